The van der Waals surface area contributed by atoms with Gasteiger partial charge in [-0.3, -0.25) is 4.79 Å². The third kappa shape index (κ3) is 3.23. The fraction of sp³-hybridized carbons (Fsp3) is 0.500. The normalized spacial score (nSPS) is 12.1. The maximum absolute atomic E-state index is 11.8. The lowest BCUT2D eigenvalue weighted by atomic mass is 9.99. The standard InChI is InChI=1S/C14H22N2O2/c1-9-6-10(2)13(18-5)11(7-9)8-12(15)14(17)16(3)4/h6-7,12H,8,15H2,1-5H3. The van der Waals surface area contributed by atoms with E-state index in [1.807, 2.05) is 19.9 Å². The first-order valence-electron chi connectivity index (χ1n) is 5.97. The van der Waals surface area contributed by atoms with Crippen molar-refractivity contribution in [2.75, 3.05) is 21.2 Å². The van der Waals surface area contributed by atoms with Gasteiger partial charge >= 0.3 is 0 Å². The molecule has 0 aromatic heterocycles. The quantitative estimate of drug-likeness (QED) is 0.875. The second-order valence-electron chi connectivity index (χ2n) is 4.82. The summed E-state index contributed by atoms with van der Waals surface area (Å²) >= 11 is 0. The van der Waals surface area contributed by atoms with Gasteiger partial charge in [0.15, 0.2) is 0 Å². The largest absolute Gasteiger partial charge is 0.496 e. The summed E-state index contributed by atoms with van der Waals surface area (Å²) in [6.45, 7) is 4.02. The Bertz CT molecular complexity index is 442. The third-order valence-electron chi connectivity index (χ3n) is 2.90. The molecule has 4 nitrogen and oxygen atoms in total. The number of hydrogen-bond donors (Lipinski definition) is 1. The van der Waals surface area contributed by atoms with Crippen LogP contribution in [0.2, 0.25) is 0 Å². The van der Waals surface area contributed by atoms with Crippen molar-refractivity contribution >= 4 is 5.91 Å². The Morgan fingerprint density at radius 3 is 2.50 bits per heavy atom. The van der Waals surface area contributed by atoms with Crippen LogP contribution in [0.5, 0.6) is 5.75 Å². The van der Waals surface area contributed by atoms with Gasteiger partial charge in [0.1, 0.15) is 5.75 Å². The molecule has 0 aliphatic carbocycles. The highest BCUT2D eigenvalue weighted by molar-refractivity contribution is 5.81. The highest BCUT2D eigenvalue weighted by atomic mass is 16.5. The molecule has 1 aromatic rings. The van der Waals surface area contributed by atoms with Gasteiger partial charge in [0.05, 0.1) is 13.2 Å². The molecule has 1 unspecified atom stereocenters. The summed E-state index contributed by atoms with van der Waals surface area (Å²) in [5.74, 6) is 0.749. The molecule has 2 N–H and O–H groups in total. The van der Waals surface area contributed by atoms with E-state index in [0.29, 0.717) is 6.42 Å². The summed E-state index contributed by atoms with van der Waals surface area (Å²) in [5.41, 5.74) is 9.12. The lowest BCUT2D eigenvalue weighted by Gasteiger charge is -2.19. The number of rotatable bonds is 4. The lowest BCUT2D eigenvalue weighted by molar-refractivity contribution is -0.130. The number of likely N-dealkylation sites (N-methyl/N-ethyl adjacent to an activating group) is 1. The first-order chi connectivity index (χ1) is 8.36. The highest BCUT2D eigenvalue weighted by Gasteiger charge is 2.18. The molecule has 1 aromatic carbocycles. The average Bonchev–Trinajstić information content (AvgIpc) is 2.27. The van der Waals surface area contributed by atoms with E-state index in [2.05, 4.69) is 6.07 Å². The predicted octanol–water partition coefficient (Wildman–Crippen LogP) is 1.27. The maximum atomic E-state index is 11.8. The van der Waals surface area contributed by atoms with Crippen molar-refractivity contribution in [3.05, 3.63) is 28.8 Å². The molecule has 0 aliphatic heterocycles. The Morgan fingerprint density at radius 1 is 1.39 bits per heavy atom. The van der Waals surface area contributed by atoms with Gasteiger partial charge in [0.25, 0.3) is 0 Å². The fourth-order valence-corrected chi connectivity index (χ4v) is 2.14. The number of nitrogens with two attached hydrogens (primary N) is 1. The SMILES string of the molecule is COc1c(C)cc(C)cc1CC(N)C(=O)N(C)C. The summed E-state index contributed by atoms with van der Waals surface area (Å²) in [4.78, 5) is 13.3. The van der Waals surface area contributed by atoms with Gasteiger partial charge in [-0.1, -0.05) is 17.7 Å². The molecule has 4 heteroatoms. The van der Waals surface area contributed by atoms with E-state index in [1.165, 1.54) is 4.90 Å². The maximum Gasteiger partial charge on any atom is 0.239 e. The first kappa shape index (κ1) is 14.5. The van der Waals surface area contributed by atoms with E-state index in [4.69, 9.17) is 10.5 Å². The van der Waals surface area contributed by atoms with Crippen LogP contribution in [0.1, 0.15) is 16.7 Å². The summed E-state index contributed by atoms with van der Waals surface area (Å²) in [5, 5.41) is 0. The van der Waals surface area contributed by atoms with Gasteiger partial charge in [-0.05, 0) is 25.0 Å². The van der Waals surface area contributed by atoms with Crippen LogP contribution >= 0.6 is 0 Å². The van der Waals surface area contributed by atoms with E-state index in [-0.39, 0.29) is 5.91 Å². The molecule has 0 heterocycles. The second kappa shape index (κ2) is 5.87. The predicted molar refractivity (Wildman–Crippen MR) is 72.8 cm³/mol. The number of methoxy groups -OCH3 is 1. The van der Waals surface area contributed by atoms with Gasteiger partial charge in [-0.15, -0.1) is 0 Å². The van der Waals surface area contributed by atoms with E-state index in [1.54, 1.807) is 21.2 Å². The summed E-state index contributed by atoms with van der Waals surface area (Å²) < 4.78 is 5.39. The monoisotopic (exact) mass is 250 g/mol. The Labute approximate surface area is 109 Å². The van der Waals surface area contributed by atoms with E-state index < -0.39 is 6.04 Å². The topological polar surface area (TPSA) is 55.6 Å². The first-order valence-corrected chi connectivity index (χ1v) is 5.97. The van der Waals surface area contributed by atoms with Gasteiger partial charge in [-0.25, -0.2) is 0 Å². The van der Waals surface area contributed by atoms with Crippen LogP contribution < -0.4 is 10.5 Å². The second-order valence-corrected chi connectivity index (χ2v) is 4.82. The smallest absolute Gasteiger partial charge is 0.239 e. The number of carbonyl (C=O) groups excluding carboxylic acids is 1. The molecule has 1 amide bonds. The van der Waals surface area contributed by atoms with Crippen LogP contribution in [0.4, 0.5) is 0 Å². The molecular formula is C14H22N2O2. The van der Waals surface area contributed by atoms with Crippen molar-refractivity contribution in [1.29, 1.82) is 0 Å². The number of aryl methyl sites for hydroxylation is 2. The van der Waals surface area contributed by atoms with Gasteiger partial charge in [-0.2, -0.15) is 0 Å². The van der Waals surface area contributed by atoms with Crippen LogP contribution in [-0.2, 0) is 11.2 Å². The van der Waals surface area contributed by atoms with Gasteiger partial charge < -0.3 is 15.4 Å². The number of amides is 1. The number of hydrogen-bond acceptors (Lipinski definition) is 3. The van der Waals surface area contributed by atoms with Crippen molar-refractivity contribution in [1.82, 2.24) is 4.90 Å². The Morgan fingerprint density at radius 2 is 2.00 bits per heavy atom. The fourth-order valence-electron chi connectivity index (χ4n) is 2.14. The number of ether oxygens (including phenoxy) is 1. The molecule has 0 saturated heterocycles. The van der Waals surface area contributed by atoms with Crippen molar-refractivity contribution in [3.8, 4) is 5.75 Å². The zero-order valence-electron chi connectivity index (χ0n) is 11.8. The lowest BCUT2D eigenvalue weighted by Crippen LogP contribution is -2.41. The summed E-state index contributed by atoms with van der Waals surface area (Å²) in [6, 6.07) is 3.55. The molecule has 0 fully saturated rings. The Balaban J connectivity index is 3.00. The molecule has 18 heavy (non-hydrogen) atoms. The number of nitrogens with zero attached hydrogens (tertiary/aromatic N) is 1. The molecule has 1 rings (SSSR count). The average molecular weight is 250 g/mol. The Hall–Kier alpha value is -1.55. The van der Waals surface area contributed by atoms with E-state index in [0.717, 1.165) is 22.4 Å². The van der Waals surface area contributed by atoms with E-state index >= 15 is 0 Å². The number of carbonyl (C=O) groups is 1. The molecule has 0 saturated carbocycles. The zero-order chi connectivity index (χ0) is 13.9. The van der Waals surface area contributed by atoms with Crippen molar-refractivity contribution in [3.63, 3.8) is 0 Å². The third-order valence-corrected chi connectivity index (χ3v) is 2.90. The highest BCUT2D eigenvalue weighted by Crippen LogP contribution is 2.26. The minimum absolute atomic E-state index is 0.0730. The van der Waals surface area contributed by atoms with Gasteiger partial charge in [0, 0.05) is 20.5 Å². The van der Waals surface area contributed by atoms with Crippen LogP contribution in [0.25, 0.3) is 0 Å². The molecule has 100 valence electrons. The molecule has 0 spiro atoms. The number of benzene rings is 1. The van der Waals surface area contributed by atoms with Crippen molar-refractivity contribution in [2.24, 2.45) is 5.73 Å². The van der Waals surface area contributed by atoms with Crippen LogP contribution in [0.3, 0.4) is 0 Å². The van der Waals surface area contributed by atoms with Gasteiger partial charge in [0.2, 0.25) is 5.91 Å². The van der Waals surface area contributed by atoms with Crippen LogP contribution in [0.15, 0.2) is 12.1 Å². The molecule has 0 aliphatic rings. The van der Waals surface area contributed by atoms with Crippen LogP contribution in [-0.4, -0.2) is 38.1 Å². The summed E-state index contributed by atoms with van der Waals surface area (Å²) in [6.07, 6.45) is 0.489. The van der Waals surface area contributed by atoms with Crippen molar-refractivity contribution in [2.45, 2.75) is 26.3 Å². The molecule has 0 bridgehead atoms. The molecular weight excluding hydrogens is 228 g/mol. The zero-order valence-corrected chi connectivity index (χ0v) is 11.8. The van der Waals surface area contributed by atoms with Crippen LogP contribution in [0, 0.1) is 13.8 Å². The molecule has 0 radical (unpaired) electrons. The van der Waals surface area contributed by atoms with Crippen molar-refractivity contribution < 1.29 is 9.53 Å². The molecule has 1 atom stereocenters. The van der Waals surface area contributed by atoms with E-state index in [9.17, 15) is 4.79 Å². The summed E-state index contributed by atoms with van der Waals surface area (Å²) in [7, 11) is 5.06. The Kier molecular flexibility index (Phi) is 4.73. The minimum Gasteiger partial charge on any atom is -0.496 e. The minimum atomic E-state index is -0.532.